The second-order valence-electron chi connectivity index (χ2n) is 6.08. The van der Waals surface area contributed by atoms with E-state index >= 15 is 0 Å². The molecule has 1 aromatic rings. The minimum atomic E-state index is -4.34. The lowest BCUT2D eigenvalue weighted by atomic mass is 10.1. The number of morpholine rings is 1. The molecule has 0 radical (unpaired) electrons. The Labute approximate surface area is 132 Å². The molecule has 1 atom stereocenters. The van der Waals surface area contributed by atoms with Crippen LogP contribution in [-0.2, 0) is 22.3 Å². The molecule has 1 unspecified atom stereocenters. The lowest BCUT2D eigenvalue weighted by Crippen LogP contribution is -2.49. The van der Waals surface area contributed by atoms with Crippen LogP contribution in [0.4, 0.5) is 13.2 Å². The average Bonchev–Trinajstić information content (AvgIpc) is 3.31. The van der Waals surface area contributed by atoms with Crippen LogP contribution >= 0.6 is 0 Å². The van der Waals surface area contributed by atoms with Crippen molar-refractivity contribution in [1.29, 1.82) is 0 Å². The highest BCUT2D eigenvalue weighted by atomic mass is 19.4. The van der Waals surface area contributed by atoms with Gasteiger partial charge in [0.15, 0.2) is 0 Å². The van der Waals surface area contributed by atoms with Crippen LogP contribution < -0.4 is 5.32 Å². The minimum Gasteiger partial charge on any atom is -0.366 e. The SMILES string of the molecule is O=C(NC1CC1)C1CN(Cc2cccc(C(F)(F)F)c2)CCO1. The molecule has 1 saturated carbocycles. The summed E-state index contributed by atoms with van der Waals surface area (Å²) in [5, 5.41) is 2.90. The highest BCUT2D eigenvalue weighted by molar-refractivity contribution is 5.81. The Balaban J connectivity index is 1.60. The summed E-state index contributed by atoms with van der Waals surface area (Å²) in [7, 11) is 0. The quantitative estimate of drug-likeness (QED) is 0.921. The van der Waals surface area contributed by atoms with Crippen LogP contribution in [0, 0.1) is 0 Å². The molecule has 0 bridgehead atoms. The number of carbonyl (C=O) groups excluding carboxylic acids is 1. The monoisotopic (exact) mass is 328 g/mol. The van der Waals surface area contributed by atoms with Crippen LogP contribution in [0.1, 0.15) is 24.0 Å². The van der Waals surface area contributed by atoms with Crippen molar-refractivity contribution in [1.82, 2.24) is 10.2 Å². The molecule has 0 aromatic heterocycles. The maximum Gasteiger partial charge on any atom is 0.416 e. The lowest BCUT2D eigenvalue weighted by molar-refractivity contribution is -0.138. The Kier molecular flexibility index (Phi) is 4.59. The predicted molar refractivity (Wildman–Crippen MR) is 77.6 cm³/mol. The van der Waals surface area contributed by atoms with Crippen LogP contribution in [0.15, 0.2) is 24.3 Å². The number of ether oxygens (including phenoxy) is 1. The van der Waals surface area contributed by atoms with Crippen LogP contribution in [0.2, 0.25) is 0 Å². The van der Waals surface area contributed by atoms with Gasteiger partial charge < -0.3 is 10.1 Å². The van der Waals surface area contributed by atoms with Gasteiger partial charge in [-0.05, 0) is 24.5 Å². The fraction of sp³-hybridized carbons (Fsp3) is 0.562. The smallest absolute Gasteiger partial charge is 0.366 e. The van der Waals surface area contributed by atoms with Crippen LogP contribution in [0.25, 0.3) is 0 Å². The summed E-state index contributed by atoms with van der Waals surface area (Å²) < 4.78 is 43.7. The number of nitrogens with one attached hydrogen (secondary N) is 1. The first kappa shape index (κ1) is 16.3. The molecule has 126 valence electrons. The van der Waals surface area contributed by atoms with E-state index in [0.717, 1.165) is 25.0 Å². The lowest BCUT2D eigenvalue weighted by Gasteiger charge is -2.32. The highest BCUT2D eigenvalue weighted by Gasteiger charge is 2.32. The molecule has 7 heteroatoms. The molecule has 1 N–H and O–H groups in total. The van der Waals surface area contributed by atoms with E-state index in [1.54, 1.807) is 6.07 Å². The van der Waals surface area contributed by atoms with Crippen molar-refractivity contribution in [2.45, 2.75) is 37.7 Å². The third-order valence-electron chi connectivity index (χ3n) is 4.03. The summed E-state index contributed by atoms with van der Waals surface area (Å²) in [4.78, 5) is 14.0. The first-order chi connectivity index (χ1) is 10.9. The molecule has 1 saturated heterocycles. The van der Waals surface area contributed by atoms with E-state index in [-0.39, 0.29) is 11.9 Å². The first-order valence-electron chi connectivity index (χ1n) is 7.72. The van der Waals surface area contributed by atoms with E-state index in [1.807, 2.05) is 4.90 Å². The average molecular weight is 328 g/mol. The molecule has 1 heterocycles. The van der Waals surface area contributed by atoms with Crippen molar-refractivity contribution >= 4 is 5.91 Å². The highest BCUT2D eigenvalue weighted by Crippen LogP contribution is 2.29. The largest absolute Gasteiger partial charge is 0.416 e. The van der Waals surface area contributed by atoms with Gasteiger partial charge in [-0.1, -0.05) is 18.2 Å². The summed E-state index contributed by atoms with van der Waals surface area (Å²) in [6.07, 6.45) is -2.87. The maximum absolute atomic E-state index is 12.8. The fourth-order valence-electron chi connectivity index (χ4n) is 2.63. The van der Waals surface area contributed by atoms with Crippen molar-refractivity contribution < 1.29 is 22.7 Å². The van der Waals surface area contributed by atoms with Crippen LogP contribution in [0.5, 0.6) is 0 Å². The van der Waals surface area contributed by atoms with Crippen molar-refractivity contribution in [3.05, 3.63) is 35.4 Å². The Morgan fingerprint density at radius 2 is 2.13 bits per heavy atom. The van der Waals surface area contributed by atoms with Gasteiger partial charge in [0.05, 0.1) is 12.2 Å². The Hall–Kier alpha value is -1.60. The van der Waals surface area contributed by atoms with Crippen molar-refractivity contribution in [2.24, 2.45) is 0 Å². The number of alkyl halides is 3. The molecule has 1 aliphatic carbocycles. The molecule has 4 nitrogen and oxygen atoms in total. The maximum atomic E-state index is 12.8. The van der Waals surface area contributed by atoms with Crippen molar-refractivity contribution in [2.75, 3.05) is 19.7 Å². The predicted octanol–water partition coefficient (Wildman–Crippen LogP) is 2.18. The van der Waals surface area contributed by atoms with Crippen molar-refractivity contribution in [3.8, 4) is 0 Å². The molecule has 23 heavy (non-hydrogen) atoms. The van der Waals surface area contributed by atoms with Gasteiger partial charge in [-0.3, -0.25) is 9.69 Å². The van der Waals surface area contributed by atoms with Gasteiger partial charge in [0.25, 0.3) is 5.91 Å². The molecule has 1 aliphatic heterocycles. The standard InChI is InChI=1S/C16H19F3N2O2/c17-16(18,19)12-3-1-2-11(8-12)9-21-6-7-23-14(10-21)15(22)20-13-4-5-13/h1-3,8,13-14H,4-7,9-10H2,(H,20,22). The third-order valence-corrected chi connectivity index (χ3v) is 4.03. The molecular formula is C16H19F3N2O2. The van der Waals surface area contributed by atoms with E-state index in [4.69, 9.17) is 4.74 Å². The molecule has 2 aliphatic rings. The van der Waals surface area contributed by atoms with E-state index in [0.29, 0.717) is 31.8 Å². The fourth-order valence-corrected chi connectivity index (χ4v) is 2.63. The van der Waals surface area contributed by atoms with Gasteiger partial charge >= 0.3 is 6.18 Å². The number of carbonyl (C=O) groups is 1. The number of hydrogen-bond acceptors (Lipinski definition) is 3. The van der Waals surface area contributed by atoms with Crippen molar-refractivity contribution in [3.63, 3.8) is 0 Å². The topological polar surface area (TPSA) is 41.6 Å². The summed E-state index contributed by atoms with van der Waals surface area (Å²) in [6.45, 7) is 1.78. The number of halogens is 3. The normalized spacial score (nSPS) is 22.8. The number of amides is 1. The second-order valence-corrected chi connectivity index (χ2v) is 6.08. The molecule has 2 fully saturated rings. The second kappa shape index (κ2) is 6.49. The molecule has 1 amide bonds. The zero-order valence-corrected chi connectivity index (χ0v) is 12.6. The third kappa shape index (κ3) is 4.45. The van der Waals surface area contributed by atoms with E-state index in [9.17, 15) is 18.0 Å². The molecule has 0 spiro atoms. The zero-order chi connectivity index (χ0) is 16.4. The Morgan fingerprint density at radius 3 is 2.83 bits per heavy atom. The van der Waals surface area contributed by atoms with Crippen LogP contribution in [-0.4, -0.2) is 42.6 Å². The van der Waals surface area contributed by atoms with E-state index in [2.05, 4.69) is 5.32 Å². The Bertz CT molecular complexity index is 573. The summed E-state index contributed by atoms with van der Waals surface area (Å²) in [5.41, 5.74) is -0.0608. The first-order valence-corrected chi connectivity index (χ1v) is 7.72. The summed E-state index contributed by atoms with van der Waals surface area (Å²) >= 11 is 0. The molecule has 1 aromatic carbocycles. The zero-order valence-electron chi connectivity index (χ0n) is 12.6. The minimum absolute atomic E-state index is 0.124. The van der Waals surface area contributed by atoms with Gasteiger partial charge in [-0.15, -0.1) is 0 Å². The molecule has 3 rings (SSSR count). The van der Waals surface area contributed by atoms with E-state index in [1.165, 1.54) is 6.07 Å². The van der Waals surface area contributed by atoms with Crippen LogP contribution in [0.3, 0.4) is 0 Å². The van der Waals surface area contributed by atoms with Gasteiger partial charge in [0.2, 0.25) is 0 Å². The van der Waals surface area contributed by atoms with Gasteiger partial charge in [-0.25, -0.2) is 0 Å². The van der Waals surface area contributed by atoms with Gasteiger partial charge in [0, 0.05) is 25.7 Å². The number of rotatable bonds is 4. The van der Waals surface area contributed by atoms with Gasteiger partial charge in [0.1, 0.15) is 6.10 Å². The number of nitrogens with zero attached hydrogens (tertiary/aromatic N) is 1. The van der Waals surface area contributed by atoms with Gasteiger partial charge in [-0.2, -0.15) is 13.2 Å². The number of hydrogen-bond donors (Lipinski definition) is 1. The van der Waals surface area contributed by atoms with E-state index < -0.39 is 17.8 Å². The molecular weight excluding hydrogens is 309 g/mol. The number of benzene rings is 1. The summed E-state index contributed by atoms with van der Waals surface area (Å²) in [6, 6.07) is 5.58. The Morgan fingerprint density at radius 1 is 1.35 bits per heavy atom. The summed E-state index contributed by atoms with van der Waals surface area (Å²) in [5.74, 6) is -0.124.